The van der Waals surface area contributed by atoms with Crippen molar-refractivity contribution in [3.05, 3.63) is 0 Å². The van der Waals surface area contributed by atoms with Gasteiger partial charge in [0.25, 0.3) is 0 Å². The van der Waals surface area contributed by atoms with Crippen LogP contribution in [-0.4, -0.2) is 49.3 Å². The predicted molar refractivity (Wildman–Crippen MR) is 64.0 cm³/mol. The van der Waals surface area contributed by atoms with Gasteiger partial charge in [-0.25, -0.2) is 0 Å². The van der Waals surface area contributed by atoms with Crippen LogP contribution >= 0.6 is 0 Å². The number of hydrogen-bond donors (Lipinski definition) is 2. The second-order valence-electron chi connectivity index (χ2n) is 4.81. The third-order valence-electron chi connectivity index (χ3n) is 3.37. The van der Waals surface area contributed by atoms with Crippen molar-refractivity contribution >= 4 is 0 Å². The Hall–Kier alpha value is -0.120. The van der Waals surface area contributed by atoms with Gasteiger partial charge < -0.3 is 15.3 Å². The molecule has 1 aliphatic heterocycles. The first-order chi connectivity index (χ1) is 7.22. The van der Waals surface area contributed by atoms with Crippen LogP contribution in [0.4, 0.5) is 0 Å². The fourth-order valence-corrected chi connectivity index (χ4v) is 2.22. The van der Waals surface area contributed by atoms with Crippen LogP contribution in [0.5, 0.6) is 0 Å². The quantitative estimate of drug-likeness (QED) is 0.694. The minimum absolute atomic E-state index is 0.146. The molecule has 0 aromatic heterocycles. The Morgan fingerprint density at radius 2 is 2.07 bits per heavy atom. The van der Waals surface area contributed by atoms with Crippen LogP contribution in [0.15, 0.2) is 0 Å². The lowest BCUT2D eigenvalue weighted by Gasteiger charge is -2.32. The molecular weight excluding hydrogens is 188 g/mol. The summed E-state index contributed by atoms with van der Waals surface area (Å²) < 4.78 is 0. The van der Waals surface area contributed by atoms with Crippen molar-refractivity contribution < 1.29 is 5.11 Å². The monoisotopic (exact) mass is 214 g/mol. The number of nitrogens with zero attached hydrogens (tertiary/aromatic N) is 1. The normalized spacial score (nSPS) is 21.8. The molecule has 2 N–H and O–H groups in total. The zero-order chi connectivity index (χ0) is 11.1. The standard InChI is InChI=1S/C12H26N2O/c1-11(15)4-8-14-9-5-12(6-10-14)3-7-13-2/h11-13,15H,3-10H2,1-2H3. The van der Waals surface area contributed by atoms with Gasteiger partial charge in [-0.2, -0.15) is 0 Å². The van der Waals surface area contributed by atoms with Crippen LogP contribution in [0.3, 0.4) is 0 Å². The van der Waals surface area contributed by atoms with Crippen molar-refractivity contribution in [2.24, 2.45) is 5.92 Å². The fourth-order valence-electron chi connectivity index (χ4n) is 2.22. The largest absolute Gasteiger partial charge is 0.393 e. The Morgan fingerprint density at radius 3 is 2.60 bits per heavy atom. The van der Waals surface area contributed by atoms with Gasteiger partial charge in [0.15, 0.2) is 0 Å². The van der Waals surface area contributed by atoms with Gasteiger partial charge >= 0.3 is 0 Å². The molecule has 1 fully saturated rings. The highest BCUT2D eigenvalue weighted by Crippen LogP contribution is 2.20. The van der Waals surface area contributed by atoms with E-state index in [4.69, 9.17) is 0 Å². The maximum absolute atomic E-state index is 9.22. The van der Waals surface area contributed by atoms with E-state index in [9.17, 15) is 5.11 Å². The molecule has 0 bridgehead atoms. The topological polar surface area (TPSA) is 35.5 Å². The maximum Gasteiger partial charge on any atom is 0.0524 e. The molecule has 0 aromatic rings. The second kappa shape index (κ2) is 7.20. The summed E-state index contributed by atoms with van der Waals surface area (Å²) in [5.74, 6) is 0.917. The molecule has 1 atom stereocenters. The van der Waals surface area contributed by atoms with Gasteiger partial charge in [0.2, 0.25) is 0 Å². The zero-order valence-electron chi connectivity index (χ0n) is 10.2. The Bertz CT molecular complexity index is 154. The van der Waals surface area contributed by atoms with E-state index >= 15 is 0 Å². The molecule has 3 heteroatoms. The van der Waals surface area contributed by atoms with Crippen molar-refractivity contribution in [1.29, 1.82) is 0 Å². The molecule has 0 aromatic carbocycles. The van der Waals surface area contributed by atoms with Gasteiger partial charge in [-0.05, 0) is 65.2 Å². The van der Waals surface area contributed by atoms with Crippen LogP contribution in [0, 0.1) is 5.92 Å². The third-order valence-corrected chi connectivity index (χ3v) is 3.37. The number of rotatable bonds is 6. The second-order valence-corrected chi connectivity index (χ2v) is 4.81. The van der Waals surface area contributed by atoms with Crippen molar-refractivity contribution in [3.63, 3.8) is 0 Å². The minimum Gasteiger partial charge on any atom is -0.393 e. The number of piperidine rings is 1. The van der Waals surface area contributed by atoms with Crippen molar-refractivity contribution in [1.82, 2.24) is 10.2 Å². The lowest BCUT2D eigenvalue weighted by atomic mass is 9.93. The van der Waals surface area contributed by atoms with Gasteiger partial charge in [-0.15, -0.1) is 0 Å². The molecule has 1 heterocycles. The molecule has 1 saturated heterocycles. The highest BCUT2D eigenvalue weighted by Gasteiger charge is 2.18. The molecule has 0 radical (unpaired) electrons. The summed E-state index contributed by atoms with van der Waals surface area (Å²) >= 11 is 0. The zero-order valence-corrected chi connectivity index (χ0v) is 10.2. The Balaban J connectivity index is 2.07. The van der Waals surface area contributed by atoms with E-state index in [0.29, 0.717) is 0 Å². The molecule has 3 nitrogen and oxygen atoms in total. The lowest BCUT2D eigenvalue weighted by molar-refractivity contribution is 0.131. The lowest BCUT2D eigenvalue weighted by Crippen LogP contribution is -2.36. The van der Waals surface area contributed by atoms with Crippen LogP contribution in [0.25, 0.3) is 0 Å². The molecule has 90 valence electrons. The average Bonchev–Trinajstić information content (AvgIpc) is 2.25. The number of likely N-dealkylation sites (tertiary alicyclic amines) is 1. The smallest absolute Gasteiger partial charge is 0.0524 e. The van der Waals surface area contributed by atoms with E-state index < -0.39 is 0 Å². The first-order valence-electron chi connectivity index (χ1n) is 6.27. The Morgan fingerprint density at radius 1 is 1.40 bits per heavy atom. The molecule has 0 spiro atoms. The van der Waals surface area contributed by atoms with E-state index in [1.807, 2.05) is 14.0 Å². The minimum atomic E-state index is -0.146. The van der Waals surface area contributed by atoms with E-state index in [-0.39, 0.29) is 6.10 Å². The summed E-state index contributed by atoms with van der Waals surface area (Å²) in [5, 5.41) is 12.4. The summed E-state index contributed by atoms with van der Waals surface area (Å²) in [6.07, 6.45) is 4.76. The van der Waals surface area contributed by atoms with Gasteiger partial charge in [-0.3, -0.25) is 0 Å². The highest BCUT2D eigenvalue weighted by molar-refractivity contribution is 4.73. The molecule has 1 aliphatic rings. The Kier molecular flexibility index (Phi) is 6.22. The first-order valence-corrected chi connectivity index (χ1v) is 6.27. The Labute approximate surface area is 93.9 Å². The average molecular weight is 214 g/mol. The fraction of sp³-hybridized carbons (Fsp3) is 1.00. The van der Waals surface area contributed by atoms with Crippen LogP contribution < -0.4 is 5.32 Å². The van der Waals surface area contributed by atoms with E-state index in [2.05, 4.69) is 10.2 Å². The SMILES string of the molecule is CNCCC1CCN(CCC(C)O)CC1. The van der Waals surface area contributed by atoms with E-state index in [0.717, 1.165) is 25.4 Å². The van der Waals surface area contributed by atoms with Crippen LogP contribution in [-0.2, 0) is 0 Å². The number of aliphatic hydroxyl groups excluding tert-OH is 1. The summed E-state index contributed by atoms with van der Waals surface area (Å²) in [6, 6.07) is 0. The molecule has 15 heavy (non-hydrogen) atoms. The van der Waals surface area contributed by atoms with Gasteiger partial charge in [0.1, 0.15) is 0 Å². The third kappa shape index (κ3) is 5.50. The molecule has 0 aliphatic carbocycles. The van der Waals surface area contributed by atoms with Gasteiger partial charge in [0.05, 0.1) is 6.10 Å². The summed E-state index contributed by atoms with van der Waals surface area (Å²) in [4.78, 5) is 2.49. The van der Waals surface area contributed by atoms with Crippen molar-refractivity contribution in [2.75, 3.05) is 33.2 Å². The van der Waals surface area contributed by atoms with Gasteiger partial charge in [0, 0.05) is 6.54 Å². The molecule has 1 rings (SSSR count). The van der Waals surface area contributed by atoms with E-state index in [1.165, 1.54) is 32.4 Å². The van der Waals surface area contributed by atoms with Gasteiger partial charge in [-0.1, -0.05) is 0 Å². The summed E-state index contributed by atoms with van der Waals surface area (Å²) in [6.45, 7) is 6.54. The van der Waals surface area contributed by atoms with Crippen LogP contribution in [0.2, 0.25) is 0 Å². The predicted octanol–water partition coefficient (Wildman–Crippen LogP) is 1.08. The number of hydrogen-bond acceptors (Lipinski definition) is 3. The summed E-state index contributed by atoms with van der Waals surface area (Å²) in [5.41, 5.74) is 0. The number of aliphatic hydroxyl groups is 1. The maximum atomic E-state index is 9.22. The van der Waals surface area contributed by atoms with Crippen LogP contribution in [0.1, 0.15) is 32.6 Å². The summed E-state index contributed by atoms with van der Waals surface area (Å²) in [7, 11) is 2.03. The highest BCUT2D eigenvalue weighted by atomic mass is 16.3. The molecular formula is C12H26N2O. The molecule has 1 unspecified atom stereocenters. The first kappa shape index (κ1) is 12.9. The molecule has 0 amide bonds. The van der Waals surface area contributed by atoms with Crippen molar-refractivity contribution in [3.8, 4) is 0 Å². The molecule has 0 saturated carbocycles. The number of nitrogens with one attached hydrogen (secondary N) is 1. The van der Waals surface area contributed by atoms with E-state index in [1.54, 1.807) is 0 Å². The van der Waals surface area contributed by atoms with Crippen molar-refractivity contribution in [2.45, 2.75) is 38.7 Å².